The second kappa shape index (κ2) is 6.20. The van der Waals surface area contributed by atoms with Crippen molar-refractivity contribution in [3.63, 3.8) is 0 Å². The Morgan fingerprint density at radius 2 is 2.05 bits per heavy atom. The van der Waals surface area contributed by atoms with Gasteiger partial charge in [0.2, 0.25) is 0 Å². The Labute approximate surface area is 127 Å². The van der Waals surface area contributed by atoms with Gasteiger partial charge in [-0.3, -0.25) is 0 Å². The monoisotopic (exact) mass is 312 g/mol. The molecule has 1 aromatic carbocycles. The summed E-state index contributed by atoms with van der Waals surface area (Å²) in [7, 11) is 1.55. The van der Waals surface area contributed by atoms with Crippen molar-refractivity contribution >= 4 is 28.9 Å². The minimum absolute atomic E-state index is 0.160. The minimum atomic E-state index is 0.160. The molecule has 1 heterocycles. The molecule has 20 heavy (non-hydrogen) atoms. The first-order valence-corrected chi connectivity index (χ1v) is 6.69. The highest BCUT2D eigenvalue weighted by Gasteiger charge is 2.09. The van der Waals surface area contributed by atoms with Gasteiger partial charge < -0.3 is 15.2 Å². The molecule has 0 bridgehead atoms. The van der Waals surface area contributed by atoms with Crippen molar-refractivity contribution in [2.24, 2.45) is 0 Å². The number of hydrogen-bond donors (Lipinski definition) is 2. The van der Waals surface area contributed by atoms with Crippen molar-refractivity contribution in [3.05, 3.63) is 45.7 Å². The number of methoxy groups -OCH3 is 1. The highest BCUT2D eigenvalue weighted by Crippen LogP contribution is 2.29. The van der Waals surface area contributed by atoms with Gasteiger partial charge in [-0.1, -0.05) is 23.2 Å². The number of benzene rings is 1. The number of ether oxygens (including phenoxy) is 1. The van der Waals surface area contributed by atoms with Gasteiger partial charge in [0.25, 0.3) is 0 Å². The normalized spacial score (nSPS) is 10.4. The maximum absolute atomic E-state index is 9.89. The van der Waals surface area contributed by atoms with E-state index >= 15 is 0 Å². The lowest BCUT2D eigenvalue weighted by Gasteiger charge is -2.12. The van der Waals surface area contributed by atoms with Crippen molar-refractivity contribution < 1.29 is 9.84 Å². The standard InChI is InChI=1S/C14H14Cl2N2O2/c1-8-5-12(15)18-14(16)13(8)17-7-9-3-4-10(20-2)6-11(9)19/h3-6,17,19H,7H2,1-2H3. The molecule has 2 rings (SSSR count). The second-order valence-electron chi connectivity index (χ2n) is 4.28. The molecule has 0 saturated carbocycles. The van der Waals surface area contributed by atoms with Gasteiger partial charge in [0, 0.05) is 18.2 Å². The van der Waals surface area contributed by atoms with Gasteiger partial charge in [-0.2, -0.15) is 0 Å². The van der Waals surface area contributed by atoms with Gasteiger partial charge in [0.15, 0.2) is 5.15 Å². The molecular weight excluding hydrogens is 299 g/mol. The van der Waals surface area contributed by atoms with Gasteiger partial charge in [-0.15, -0.1) is 0 Å². The summed E-state index contributed by atoms with van der Waals surface area (Å²) in [5.74, 6) is 0.765. The van der Waals surface area contributed by atoms with Crippen molar-refractivity contribution in [1.82, 2.24) is 4.98 Å². The largest absolute Gasteiger partial charge is 0.507 e. The first-order chi connectivity index (χ1) is 9.51. The number of nitrogens with zero attached hydrogens (tertiary/aromatic N) is 1. The summed E-state index contributed by atoms with van der Waals surface area (Å²) in [5.41, 5.74) is 2.32. The van der Waals surface area contributed by atoms with Gasteiger partial charge in [0.1, 0.15) is 16.7 Å². The van der Waals surface area contributed by atoms with Crippen molar-refractivity contribution in [2.75, 3.05) is 12.4 Å². The fourth-order valence-corrected chi connectivity index (χ4v) is 2.41. The van der Waals surface area contributed by atoms with Crippen LogP contribution in [0.2, 0.25) is 10.3 Å². The summed E-state index contributed by atoms with van der Waals surface area (Å²) >= 11 is 11.9. The lowest BCUT2D eigenvalue weighted by molar-refractivity contribution is 0.406. The van der Waals surface area contributed by atoms with Crippen LogP contribution in [0.25, 0.3) is 0 Å². The SMILES string of the molecule is COc1ccc(CNc2c(C)cc(Cl)nc2Cl)c(O)c1. The summed E-state index contributed by atoms with van der Waals surface area (Å²) in [6.45, 7) is 2.30. The van der Waals surface area contributed by atoms with E-state index in [1.165, 1.54) is 0 Å². The van der Waals surface area contributed by atoms with E-state index in [9.17, 15) is 5.11 Å². The number of nitrogens with one attached hydrogen (secondary N) is 1. The number of hydrogen-bond acceptors (Lipinski definition) is 4. The molecule has 0 spiro atoms. The Hall–Kier alpha value is -1.65. The number of phenols is 1. The molecule has 106 valence electrons. The smallest absolute Gasteiger partial charge is 0.154 e. The zero-order valence-electron chi connectivity index (χ0n) is 11.1. The lowest BCUT2D eigenvalue weighted by Crippen LogP contribution is -2.03. The highest BCUT2D eigenvalue weighted by molar-refractivity contribution is 6.34. The molecule has 2 N–H and O–H groups in total. The predicted octanol–water partition coefficient (Wildman–Crippen LogP) is 4.02. The molecule has 0 saturated heterocycles. The lowest BCUT2D eigenvalue weighted by atomic mass is 10.1. The molecule has 0 atom stereocenters. The summed E-state index contributed by atoms with van der Waals surface area (Å²) in [5, 5.41) is 13.7. The molecule has 2 aromatic rings. The molecule has 0 aliphatic carbocycles. The first kappa shape index (κ1) is 14.8. The van der Waals surface area contributed by atoms with Crippen LogP contribution in [0.4, 0.5) is 5.69 Å². The Balaban J connectivity index is 2.17. The molecule has 0 radical (unpaired) electrons. The molecule has 0 unspecified atom stereocenters. The molecule has 0 fully saturated rings. The molecule has 4 nitrogen and oxygen atoms in total. The van der Waals surface area contributed by atoms with E-state index in [1.54, 1.807) is 31.4 Å². The van der Waals surface area contributed by atoms with Gasteiger partial charge in [-0.25, -0.2) is 4.98 Å². The van der Waals surface area contributed by atoms with Crippen LogP contribution in [0.1, 0.15) is 11.1 Å². The number of rotatable bonds is 4. The van der Waals surface area contributed by atoms with E-state index in [0.717, 1.165) is 11.1 Å². The topological polar surface area (TPSA) is 54.4 Å². The quantitative estimate of drug-likeness (QED) is 0.837. The number of pyridine rings is 1. The molecule has 0 amide bonds. The summed E-state index contributed by atoms with van der Waals surface area (Å²) in [6, 6.07) is 6.86. The molecule has 0 aliphatic rings. The Kier molecular flexibility index (Phi) is 4.57. The number of halogens is 2. The van der Waals surface area contributed by atoms with E-state index in [1.807, 2.05) is 6.92 Å². The van der Waals surface area contributed by atoms with Crippen LogP contribution in [0.3, 0.4) is 0 Å². The van der Waals surface area contributed by atoms with Crippen LogP contribution in [-0.4, -0.2) is 17.2 Å². The molecular formula is C14H14Cl2N2O2. The third-order valence-corrected chi connectivity index (χ3v) is 3.36. The molecule has 1 aromatic heterocycles. The molecule has 6 heteroatoms. The van der Waals surface area contributed by atoms with Crippen LogP contribution < -0.4 is 10.1 Å². The third-order valence-electron chi connectivity index (χ3n) is 2.89. The van der Waals surface area contributed by atoms with E-state index in [4.69, 9.17) is 27.9 Å². The minimum Gasteiger partial charge on any atom is -0.507 e. The Bertz CT molecular complexity index is 610. The summed E-state index contributed by atoms with van der Waals surface area (Å²) in [6.07, 6.45) is 0. The summed E-state index contributed by atoms with van der Waals surface area (Å²) in [4.78, 5) is 3.98. The van der Waals surface area contributed by atoms with Gasteiger partial charge >= 0.3 is 0 Å². The van der Waals surface area contributed by atoms with E-state index in [2.05, 4.69) is 10.3 Å². The second-order valence-corrected chi connectivity index (χ2v) is 5.02. The number of aromatic hydroxyl groups is 1. The van der Waals surface area contributed by atoms with Crippen LogP contribution in [0.5, 0.6) is 11.5 Å². The van der Waals surface area contributed by atoms with Crippen LogP contribution in [-0.2, 0) is 6.54 Å². The third kappa shape index (κ3) is 3.26. The van der Waals surface area contributed by atoms with Gasteiger partial charge in [-0.05, 0) is 30.7 Å². The van der Waals surface area contributed by atoms with Crippen molar-refractivity contribution in [3.8, 4) is 11.5 Å². The Morgan fingerprint density at radius 1 is 1.30 bits per heavy atom. The zero-order valence-corrected chi connectivity index (χ0v) is 12.6. The molecule has 0 aliphatic heterocycles. The van der Waals surface area contributed by atoms with E-state index in [0.29, 0.717) is 28.3 Å². The Morgan fingerprint density at radius 3 is 2.65 bits per heavy atom. The predicted molar refractivity (Wildman–Crippen MR) is 81.0 cm³/mol. The first-order valence-electron chi connectivity index (χ1n) is 5.93. The van der Waals surface area contributed by atoms with Crippen LogP contribution in [0, 0.1) is 6.92 Å². The number of phenolic OH excluding ortho intramolecular Hbond substituents is 1. The fraction of sp³-hybridized carbons (Fsp3) is 0.214. The van der Waals surface area contributed by atoms with Crippen LogP contribution in [0.15, 0.2) is 24.3 Å². The number of anilines is 1. The maximum atomic E-state index is 9.89. The summed E-state index contributed by atoms with van der Waals surface area (Å²) < 4.78 is 5.04. The fourth-order valence-electron chi connectivity index (χ4n) is 1.81. The van der Waals surface area contributed by atoms with Gasteiger partial charge in [0.05, 0.1) is 12.8 Å². The number of aromatic nitrogens is 1. The zero-order chi connectivity index (χ0) is 14.7. The van der Waals surface area contributed by atoms with Crippen LogP contribution >= 0.6 is 23.2 Å². The van der Waals surface area contributed by atoms with E-state index in [-0.39, 0.29) is 5.75 Å². The number of aryl methyl sites for hydroxylation is 1. The van der Waals surface area contributed by atoms with E-state index < -0.39 is 0 Å². The average Bonchev–Trinajstić information content (AvgIpc) is 2.39. The van der Waals surface area contributed by atoms with Crippen molar-refractivity contribution in [1.29, 1.82) is 0 Å². The van der Waals surface area contributed by atoms with Crippen molar-refractivity contribution in [2.45, 2.75) is 13.5 Å². The average molecular weight is 313 g/mol. The maximum Gasteiger partial charge on any atom is 0.154 e. The highest BCUT2D eigenvalue weighted by atomic mass is 35.5.